The predicted octanol–water partition coefficient (Wildman–Crippen LogP) is 2.74. The lowest BCUT2D eigenvalue weighted by molar-refractivity contribution is 0.476. The van der Waals surface area contributed by atoms with Gasteiger partial charge in [-0.1, -0.05) is 20.8 Å². The second-order valence-corrected chi connectivity index (χ2v) is 5.53. The first-order valence-corrected chi connectivity index (χ1v) is 6.97. The number of aromatic nitrogens is 2. The Balaban J connectivity index is 1.95. The van der Waals surface area contributed by atoms with E-state index in [1.165, 1.54) is 30.5 Å². The third-order valence-corrected chi connectivity index (χ3v) is 3.45. The number of nitrogens with one attached hydrogen (secondary N) is 1. The van der Waals surface area contributed by atoms with Gasteiger partial charge in [0.05, 0.1) is 6.20 Å². The van der Waals surface area contributed by atoms with Crippen molar-refractivity contribution >= 4 is 0 Å². The second kappa shape index (κ2) is 5.67. The van der Waals surface area contributed by atoms with E-state index in [1.54, 1.807) is 0 Å². The van der Waals surface area contributed by atoms with Crippen LogP contribution in [0.1, 0.15) is 51.3 Å². The van der Waals surface area contributed by atoms with Crippen LogP contribution in [-0.2, 0) is 19.5 Å². The van der Waals surface area contributed by atoms with E-state index in [4.69, 9.17) is 0 Å². The van der Waals surface area contributed by atoms with Gasteiger partial charge in [0.1, 0.15) is 0 Å². The molecule has 1 saturated carbocycles. The van der Waals surface area contributed by atoms with E-state index in [-0.39, 0.29) is 0 Å². The third kappa shape index (κ3) is 3.56. The van der Waals surface area contributed by atoms with Gasteiger partial charge < -0.3 is 5.32 Å². The minimum atomic E-state index is 0.747. The van der Waals surface area contributed by atoms with Gasteiger partial charge in [0.2, 0.25) is 0 Å². The molecule has 0 saturated heterocycles. The molecule has 0 aromatic carbocycles. The molecule has 1 N–H and O–H groups in total. The van der Waals surface area contributed by atoms with Crippen LogP contribution in [0.3, 0.4) is 0 Å². The summed E-state index contributed by atoms with van der Waals surface area (Å²) in [6.07, 6.45) is 7.05. The number of hydrogen-bond acceptors (Lipinski definition) is 2. The summed E-state index contributed by atoms with van der Waals surface area (Å²) in [4.78, 5) is 0. The van der Waals surface area contributed by atoms with Crippen LogP contribution in [0, 0.1) is 5.92 Å². The van der Waals surface area contributed by atoms with E-state index in [0.717, 1.165) is 31.5 Å². The van der Waals surface area contributed by atoms with Crippen LogP contribution in [0.25, 0.3) is 0 Å². The molecule has 0 radical (unpaired) electrons. The fourth-order valence-electron chi connectivity index (χ4n) is 2.12. The van der Waals surface area contributed by atoms with E-state index in [1.807, 2.05) is 0 Å². The highest BCUT2D eigenvalue weighted by molar-refractivity contribution is 5.18. The maximum absolute atomic E-state index is 4.53. The van der Waals surface area contributed by atoms with Crippen LogP contribution in [0.4, 0.5) is 0 Å². The zero-order valence-corrected chi connectivity index (χ0v) is 11.4. The summed E-state index contributed by atoms with van der Waals surface area (Å²) in [6, 6.07) is 0.777. The van der Waals surface area contributed by atoms with Crippen LogP contribution < -0.4 is 5.32 Å². The molecule has 0 spiro atoms. The van der Waals surface area contributed by atoms with E-state index >= 15 is 0 Å². The fourth-order valence-corrected chi connectivity index (χ4v) is 2.12. The minimum absolute atomic E-state index is 0.747. The highest BCUT2D eigenvalue weighted by Crippen LogP contribution is 2.20. The molecule has 2 rings (SSSR count). The maximum Gasteiger partial charge on any atom is 0.0537 e. The first-order chi connectivity index (χ1) is 8.20. The molecular weight excluding hydrogens is 210 g/mol. The molecule has 3 heteroatoms. The van der Waals surface area contributed by atoms with Crippen molar-refractivity contribution in [3.63, 3.8) is 0 Å². The zero-order valence-electron chi connectivity index (χ0n) is 11.4. The zero-order chi connectivity index (χ0) is 12.3. The first-order valence-electron chi connectivity index (χ1n) is 6.97. The summed E-state index contributed by atoms with van der Waals surface area (Å²) < 4.78 is 2.20. The Labute approximate surface area is 105 Å². The Morgan fingerprint density at radius 2 is 2.24 bits per heavy atom. The molecular formula is C14H25N3. The van der Waals surface area contributed by atoms with E-state index in [2.05, 4.69) is 42.1 Å². The molecule has 1 aliphatic carbocycles. The average molecular weight is 235 g/mol. The van der Waals surface area contributed by atoms with Gasteiger partial charge in [-0.15, -0.1) is 0 Å². The summed E-state index contributed by atoms with van der Waals surface area (Å²) >= 11 is 0. The van der Waals surface area contributed by atoms with Gasteiger partial charge in [-0.2, -0.15) is 5.10 Å². The number of hydrogen-bond donors (Lipinski definition) is 1. The molecule has 1 fully saturated rings. The van der Waals surface area contributed by atoms with Gasteiger partial charge in [0.25, 0.3) is 0 Å². The standard InChI is InChI=1S/C14H25N3/c1-4-14-12(9-15-13-5-6-13)10-16-17(14)8-7-11(2)3/h10-11,13,15H,4-9H2,1-3H3. The van der Waals surface area contributed by atoms with Gasteiger partial charge in [0, 0.05) is 30.4 Å². The molecule has 1 aliphatic rings. The van der Waals surface area contributed by atoms with Gasteiger partial charge >= 0.3 is 0 Å². The summed E-state index contributed by atoms with van der Waals surface area (Å²) in [5.74, 6) is 0.747. The Hall–Kier alpha value is -0.830. The Bertz CT molecular complexity index is 327. The van der Waals surface area contributed by atoms with Gasteiger partial charge in [-0.25, -0.2) is 0 Å². The monoisotopic (exact) mass is 235 g/mol. The van der Waals surface area contributed by atoms with E-state index in [9.17, 15) is 0 Å². The summed E-state index contributed by atoms with van der Waals surface area (Å²) in [6.45, 7) is 8.82. The topological polar surface area (TPSA) is 29.9 Å². The summed E-state index contributed by atoms with van der Waals surface area (Å²) in [5.41, 5.74) is 2.81. The molecule has 1 aromatic heterocycles. The molecule has 17 heavy (non-hydrogen) atoms. The lowest BCUT2D eigenvalue weighted by Crippen LogP contribution is -2.16. The molecule has 3 nitrogen and oxygen atoms in total. The van der Waals surface area contributed by atoms with Crippen molar-refractivity contribution in [2.24, 2.45) is 5.92 Å². The minimum Gasteiger partial charge on any atom is -0.310 e. The Kier molecular flexibility index (Phi) is 4.21. The third-order valence-electron chi connectivity index (χ3n) is 3.45. The predicted molar refractivity (Wildman–Crippen MR) is 70.9 cm³/mol. The van der Waals surface area contributed by atoms with Crippen LogP contribution in [0.2, 0.25) is 0 Å². The summed E-state index contributed by atoms with van der Waals surface area (Å²) in [5, 5.41) is 8.11. The van der Waals surface area contributed by atoms with Gasteiger partial charge in [-0.05, 0) is 31.6 Å². The fraction of sp³-hybridized carbons (Fsp3) is 0.786. The number of aryl methyl sites for hydroxylation is 1. The maximum atomic E-state index is 4.53. The van der Waals surface area contributed by atoms with Crippen molar-refractivity contribution in [3.05, 3.63) is 17.5 Å². The molecule has 0 aliphatic heterocycles. The first kappa shape index (κ1) is 12.6. The highest BCUT2D eigenvalue weighted by atomic mass is 15.3. The highest BCUT2D eigenvalue weighted by Gasteiger charge is 2.21. The molecule has 1 heterocycles. The average Bonchev–Trinajstić information content (AvgIpc) is 3.04. The van der Waals surface area contributed by atoms with E-state index < -0.39 is 0 Å². The van der Waals surface area contributed by atoms with Gasteiger partial charge in [0.15, 0.2) is 0 Å². The largest absolute Gasteiger partial charge is 0.310 e. The lowest BCUT2D eigenvalue weighted by Gasteiger charge is -2.10. The molecule has 0 unspecified atom stereocenters. The van der Waals surface area contributed by atoms with Crippen molar-refractivity contribution in [2.45, 2.75) is 65.6 Å². The normalized spacial score (nSPS) is 15.8. The van der Waals surface area contributed by atoms with Crippen molar-refractivity contribution in [1.29, 1.82) is 0 Å². The van der Waals surface area contributed by atoms with Crippen molar-refractivity contribution in [2.75, 3.05) is 0 Å². The number of nitrogens with zero attached hydrogens (tertiary/aromatic N) is 2. The quantitative estimate of drug-likeness (QED) is 0.787. The lowest BCUT2D eigenvalue weighted by atomic mass is 10.1. The summed E-state index contributed by atoms with van der Waals surface area (Å²) in [7, 11) is 0. The molecule has 1 aromatic rings. The van der Waals surface area contributed by atoms with Crippen LogP contribution >= 0.6 is 0 Å². The van der Waals surface area contributed by atoms with Gasteiger partial charge in [-0.3, -0.25) is 4.68 Å². The molecule has 0 atom stereocenters. The van der Waals surface area contributed by atoms with Crippen molar-refractivity contribution < 1.29 is 0 Å². The second-order valence-electron chi connectivity index (χ2n) is 5.53. The molecule has 96 valence electrons. The number of rotatable bonds is 7. The Morgan fingerprint density at radius 3 is 2.82 bits per heavy atom. The van der Waals surface area contributed by atoms with Crippen LogP contribution in [-0.4, -0.2) is 15.8 Å². The SMILES string of the molecule is CCc1c(CNC2CC2)cnn1CCC(C)C. The van der Waals surface area contributed by atoms with Crippen LogP contribution in [0.15, 0.2) is 6.20 Å². The smallest absolute Gasteiger partial charge is 0.0537 e. The molecule has 0 bridgehead atoms. The molecule has 0 amide bonds. The van der Waals surface area contributed by atoms with Crippen molar-refractivity contribution in [3.8, 4) is 0 Å². The van der Waals surface area contributed by atoms with Crippen molar-refractivity contribution in [1.82, 2.24) is 15.1 Å². The van der Waals surface area contributed by atoms with Crippen LogP contribution in [0.5, 0.6) is 0 Å². The van der Waals surface area contributed by atoms with E-state index in [0.29, 0.717) is 0 Å². The Morgan fingerprint density at radius 1 is 1.47 bits per heavy atom.